The van der Waals surface area contributed by atoms with Gasteiger partial charge in [0.2, 0.25) is 0 Å². The van der Waals surface area contributed by atoms with Crippen LogP contribution >= 0.6 is 0 Å². The number of fused-ring (bicyclic) bond motifs is 1. The van der Waals surface area contributed by atoms with Crippen LogP contribution in [-0.2, 0) is 14.4 Å². The zero-order valence-corrected chi connectivity index (χ0v) is 18.1. The molecule has 0 aromatic carbocycles. The highest BCUT2D eigenvalue weighted by Crippen LogP contribution is 2.56. The Labute approximate surface area is 168 Å². The van der Waals surface area contributed by atoms with E-state index in [9.17, 15) is 24.6 Å². The Kier molecular flexibility index (Phi) is 6.72. The van der Waals surface area contributed by atoms with E-state index in [-0.39, 0.29) is 36.4 Å². The quantitative estimate of drug-likeness (QED) is 0.649. The third kappa shape index (κ3) is 3.41. The summed E-state index contributed by atoms with van der Waals surface area (Å²) in [7, 11) is 0. The van der Waals surface area contributed by atoms with Crippen LogP contribution in [0.5, 0.6) is 0 Å². The SMILES string of the molecule is CCC(=O)CC[C@H](C)[C@@]1(O)C(=O)[C@H]2[C@@H](CC[C@@H]2C)[C@H](C)[C@]1(O)C(=O)C=C(C)C. The van der Waals surface area contributed by atoms with Gasteiger partial charge in [-0.1, -0.05) is 33.3 Å². The monoisotopic (exact) mass is 392 g/mol. The number of hydrogen-bond acceptors (Lipinski definition) is 5. The average Bonchev–Trinajstić information content (AvgIpc) is 3.02. The molecule has 0 saturated heterocycles. The molecule has 158 valence electrons. The van der Waals surface area contributed by atoms with E-state index in [4.69, 9.17) is 0 Å². The van der Waals surface area contributed by atoms with Gasteiger partial charge in [0, 0.05) is 18.8 Å². The minimum Gasteiger partial charge on any atom is -0.378 e. The minimum atomic E-state index is -2.19. The zero-order chi connectivity index (χ0) is 21.4. The molecule has 5 nitrogen and oxygen atoms in total. The van der Waals surface area contributed by atoms with Crippen molar-refractivity contribution in [1.29, 1.82) is 0 Å². The van der Waals surface area contributed by atoms with E-state index >= 15 is 0 Å². The molecule has 0 spiro atoms. The molecule has 0 bridgehead atoms. The molecule has 2 saturated carbocycles. The molecule has 0 unspecified atom stereocenters. The largest absolute Gasteiger partial charge is 0.378 e. The van der Waals surface area contributed by atoms with Crippen molar-refractivity contribution in [2.75, 3.05) is 0 Å². The molecule has 0 aromatic rings. The van der Waals surface area contributed by atoms with Crippen molar-refractivity contribution >= 4 is 17.3 Å². The van der Waals surface area contributed by atoms with Crippen molar-refractivity contribution in [2.24, 2.45) is 29.6 Å². The summed E-state index contributed by atoms with van der Waals surface area (Å²) in [5.74, 6) is -2.60. The molecule has 2 N–H and O–H groups in total. The van der Waals surface area contributed by atoms with Gasteiger partial charge in [-0.05, 0) is 62.9 Å². The molecule has 0 radical (unpaired) electrons. The van der Waals surface area contributed by atoms with E-state index in [0.717, 1.165) is 12.8 Å². The highest BCUT2D eigenvalue weighted by molar-refractivity contribution is 6.06. The summed E-state index contributed by atoms with van der Waals surface area (Å²) in [6, 6.07) is 0. The first-order valence-electron chi connectivity index (χ1n) is 10.6. The fraction of sp³-hybridized carbons (Fsp3) is 0.783. The summed E-state index contributed by atoms with van der Waals surface area (Å²) in [5.41, 5.74) is -3.67. The first kappa shape index (κ1) is 23.0. The van der Waals surface area contributed by atoms with Crippen LogP contribution in [-0.4, -0.2) is 38.8 Å². The number of aliphatic hydroxyl groups is 2. The third-order valence-electron chi connectivity index (χ3n) is 7.35. The van der Waals surface area contributed by atoms with Gasteiger partial charge in [0.25, 0.3) is 0 Å². The fourth-order valence-electron chi connectivity index (χ4n) is 5.52. The van der Waals surface area contributed by atoms with E-state index in [1.54, 1.807) is 34.6 Å². The van der Waals surface area contributed by atoms with Gasteiger partial charge >= 0.3 is 0 Å². The Balaban J connectivity index is 2.56. The Morgan fingerprint density at radius 2 is 1.82 bits per heavy atom. The Morgan fingerprint density at radius 3 is 2.36 bits per heavy atom. The van der Waals surface area contributed by atoms with Crippen LogP contribution in [0.4, 0.5) is 0 Å². The van der Waals surface area contributed by atoms with E-state index in [1.807, 2.05) is 6.92 Å². The minimum absolute atomic E-state index is 0.0398. The zero-order valence-electron chi connectivity index (χ0n) is 18.1. The third-order valence-corrected chi connectivity index (χ3v) is 7.35. The molecular formula is C23H36O5. The standard InChI is InChI=1S/C23H36O5/c1-7-17(24)10-9-15(5)22(27)21(26)20-14(4)8-11-18(20)16(6)23(22,28)19(25)12-13(2)3/h12,14-16,18,20,27-28H,7-11H2,1-6H3/t14-,15-,16-,18-,20+,22+,23-/m0/s1. The molecule has 0 amide bonds. The molecule has 0 heterocycles. The average molecular weight is 393 g/mol. The van der Waals surface area contributed by atoms with Gasteiger partial charge in [-0.2, -0.15) is 0 Å². The number of hydrogen-bond donors (Lipinski definition) is 2. The molecule has 2 fully saturated rings. The van der Waals surface area contributed by atoms with Crippen LogP contribution < -0.4 is 0 Å². The Bertz CT molecular complexity index is 676. The van der Waals surface area contributed by atoms with Crippen LogP contribution in [0.2, 0.25) is 0 Å². The maximum atomic E-state index is 13.6. The van der Waals surface area contributed by atoms with Gasteiger partial charge in [-0.25, -0.2) is 0 Å². The lowest BCUT2D eigenvalue weighted by Crippen LogP contribution is -2.75. The van der Waals surface area contributed by atoms with Gasteiger partial charge in [0.1, 0.15) is 5.78 Å². The summed E-state index contributed by atoms with van der Waals surface area (Å²) in [6.07, 6.45) is 3.81. The topological polar surface area (TPSA) is 91.7 Å². The van der Waals surface area contributed by atoms with Crippen LogP contribution in [0.15, 0.2) is 11.6 Å². The summed E-state index contributed by atoms with van der Waals surface area (Å²) in [5, 5.41) is 23.5. The summed E-state index contributed by atoms with van der Waals surface area (Å²) in [4.78, 5) is 38.6. The van der Waals surface area contributed by atoms with Crippen molar-refractivity contribution in [3.05, 3.63) is 11.6 Å². The van der Waals surface area contributed by atoms with Crippen molar-refractivity contribution in [3.63, 3.8) is 0 Å². The van der Waals surface area contributed by atoms with Crippen molar-refractivity contribution in [3.8, 4) is 0 Å². The lowest BCUT2D eigenvalue weighted by atomic mass is 9.52. The van der Waals surface area contributed by atoms with E-state index in [0.29, 0.717) is 12.0 Å². The highest BCUT2D eigenvalue weighted by Gasteiger charge is 2.71. The van der Waals surface area contributed by atoms with E-state index < -0.39 is 34.6 Å². The van der Waals surface area contributed by atoms with Gasteiger partial charge in [-0.15, -0.1) is 0 Å². The number of Topliss-reactive ketones (excluding diaryl/α,β-unsaturated/α-hetero) is 2. The van der Waals surface area contributed by atoms with Crippen LogP contribution in [0.1, 0.15) is 73.6 Å². The lowest BCUT2D eigenvalue weighted by molar-refractivity contribution is -0.225. The molecule has 28 heavy (non-hydrogen) atoms. The fourth-order valence-corrected chi connectivity index (χ4v) is 5.52. The number of rotatable bonds is 7. The first-order valence-corrected chi connectivity index (χ1v) is 10.6. The van der Waals surface area contributed by atoms with Crippen LogP contribution in [0.3, 0.4) is 0 Å². The number of allylic oxidation sites excluding steroid dienone is 1. The van der Waals surface area contributed by atoms with E-state index in [2.05, 4.69) is 0 Å². The normalized spacial score (nSPS) is 38.6. The van der Waals surface area contributed by atoms with Gasteiger partial charge in [-0.3, -0.25) is 14.4 Å². The number of carbonyl (C=O) groups is 3. The van der Waals surface area contributed by atoms with Crippen LogP contribution in [0, 0.1) is 29.6 Å². The summed E-state index contributed by atoms with van der Waals surface area (Å²) < 4.78 is 0. The second-order valence-corrected chi connectivity index (χ2v) is 9.35. The van der Waals surface area contributed by atoms with E-state index in [1.165, 1.54) is 6.08 Å². The van der Waals surface area contributed by atoms with Gasteiger partial charge in [0.05, 0.1) is 0 Å². The molecule has 2 rings (SSSR count). The second-order valence-electron chi connectivity index (χ2n) is 9.35. The molecule has 2 aliphatic carbocycles. The molecule has 7 atom stereocenters. The molecule has 2 aliphatic rings. The smallest absolute Gasteiger partial charge is 0.190 e. The maximum absolute atomic E-state index is 13.6. The van der Waals surface area contributed by atoms with Crippen molar-refractivity contribution in [2.45, 2.75) is 84.8 Å². The van der Waals surface area contributed by atoms with Crippen LogP contribution in [0.25, 0.3) is 0 Å². The summed E-state index contributed by atoms with van der Waals surface area (Å²) in [6.45, 7) is 10.7. The number of carbonyl (C=O) groups excluding carboxylic acids is 3. The maximum Gasteiger partial charge on any atom is 0.190 e. The predicted octanol–water partition coefficient (Wildman–Crippen LogP) is 3.26. The molecule has 5 heteroatoms. The molecular weight excluding hydrogens is 356 g/mol. The summed E-state index contributed by atoms with van der Waals surface area (Å²) >= 11 is 0. The molecule has 0 aromatic heterocycles. The predicted molar refractivity (Wildman–Crippen MR) is 108 cm³/mol. The van der Waals surface area contributed by atoms with Crippen molar-refractivity contribution < 1.29 is 24.6 Å². The second kappa shape index (κ2) is 8.19. The van der Waals surface area contributed by atoms with Gasteiger partial charge in [0.15, 0.2) is 22.8 Å². The first-order chi connectivity index (χ1) is 12.9. The highest BCUT2D eigenvalue weighted by atomic mass is 16.4. The number of ketones is 3. The van der Waals surface area contributed by atoms with Crippen molar-refractivity contribution in [1.82, 2.24) is 0 Å². The molecule has 0 aliphatic heterocycles. The Morgan fingerprint density at radius 1 is 1.21 bits per heavy atom. The van der Waals surface area contributed by atoms with Gasteiger partial charge < -0.3 is 10.2 Å². The Hall–Kier alpha value is -1.33. The lowest BCUT2D eigenvalue weighted by Gasteiger charge is -2.55.